The van der Waals surface area contributed by atoms with Gasteiger partial charge in [0.2, 0.25) is 0 Å². The molecular weight excluding hydrogens is 462 g/mol. The van der Waals surface area contributed by atoms with E-state index >= 15 is 0 Å². The number of oxime groups is 1. The molecule has 2 aromatic carbocycles. The number of aliphatic hydroxyl groups is 1. The van der Waals surface area contributed by atoms with Gasteiger partial charge in [-0.1, -0.05) is 48.0 Å². The molecule has 6 heteroatoms. The van der Waals surface area contributed by atoms with Gasteiger partial charge in [-0.25, -0.2) is 0 Å². The van der Waals surface area contributed by atoms with E-state index in [0.29, 0.717) is 6.54 Å². The molecule has 3 aromatic rings. The summed E-state index contributed by atoms with van der Waals surface area (Å²) in [6, 6.07) is 14.7. The Morgan fingerprint density at radius 2 is 1.76 bits per heavy atom. The summed E-state index contributed by atoms with van der Waals surface area (Å²) in [5.41, 5.74) is 7.30. The van der Waals surface area contributed by atoms with Gasteiger partial charge < -0.3 is 19.3 Å². The van der Waals surface area contributed by atoms with E-state index in [4.69, 9.17) is 9.25 Å². The van der Waals surface area contributed by atoms with E-state index < -0.39 is 6.10 Å². The van der Waals surface area contributed by atoms with Crippen LogP contribution in [0.2, 0.25) is 0 Å². The number of nitrogens with zero attached hydrogens (tertiary/aromatic N) is 3. The summed E-state index contributed by atoms with van der Waals surface area (Å²) in [6.07, 6.45) is 1.40. The van der Waals surface area contributed by atoms with Crippen LogP contribution in [-0.2, 0) is 10.3 Å². The summed E-state index contributed by atoms with van der Waals surface area (Å²) in [5, 5.41) is 16.3. The number of hydrogen-bond acceptors (Lipinski definition) is 6. The second-order valence-corrected chi connectivity index (χ2v) is 11.6. The fourth-order valence-corrected chi connectivity index (χ4v) is 6.56. The highest BCUT2D eigenvalue weighted by atomic mass is 16.6. The number of β-amino-alcohol motifs (C(OH)–C–C–N with tert-alkyl or cyclic N) is 1. The van der Waals surface area contributed by atoms with Crippen LogP contribution in [0.15, 0.2) is 52.0 Å². The van der Waals surface area contributed by atoms with Gasteiger partial charge in [0, 0.05) is 44.0 Å². The minimum absolute atomic E-state index is 0.0975. The quantitative estimate of drug-likeness (QED) is 0.344. The highest BCUT2D eigenvalue weighted by molar-refractivity contribution is 6.03. The van der Waals surface area contributed by atoms with Gasteiger partial charge in [0.05, 0.1) is 0 Å². The van der Waals surface area contributed by atoms with Gasteiger partial charge in [-0.2, -0.15) is 0 Å². The van der Waals surface area contributed by atoms with Gasteiger partial charge in [-0.05, 0) is 74.9 Å². The summed E-state index contributed by atoms with van der Waals surface area (Å²) in [6.45, 7) is 13.8. The smallest absolute Gasteiger partial charge is 0.153 e. The normalized spacial score (nSPS) is 24.3. The van der Waals surface area contributed by atoms with Crippen LogP contribution >= 0.6 is 0 Å². The molecule has 2 fully saturated rings. The Labute approximate surface area is 220 Å². The van der Waals surface area contributed by atoms with Gasteiger partial charge in [0.15, 0.2) is 5.76 Å². The van der Waals surface area contributed by atoms with Crippen molar-refractivity contribution in [3.63, 3.8) is 0 Å². The summed E-state index contributed by atoms with van der Waals surface area (Å²) < 4.78 is 6.23. The molecular formula is C31H41N3O3. The van der Waals surface area contributed by atoms with Crippen molar-refractivity contribution in [3.8, 4) is 0 Å². The van der Waals surface area contributed by atoms with Crippen molar-refractivity contribution in [1.82, 2.24) is 9.80 Å². The van der Waals surface area contributed by atoms with Crippen LogP contribution in [0.25, 0.3) is 11.0 Å². The first kappa shape index (κ1) is 26.0. The molecule has 1 N–H and O–H groups in total. The van der Waals surface area contributed by atoms with Crippen molar-refractivity contribution in [2.24, 2.45) is 11.1 Å². The van der Waals surface area contributed by atoms with Gasteiger partial charge in [0.25, 0.3) is 0 Å². The SMILES string of the molecule is Cc1cc(C)c(C2(C)CC(C(=NOCC(O)CN3CCN(C)CC3)c3cc4ccccc4o3)C2)c(C)c1. The number of para-hydroxylation sites is 1. The minimum atomic E-state index is -0.575. The fourth-order valence-electron chi connectivity index (χ4n) is 6.56. The summed E-state index contributed by atoms with van der Waals surface area (Å²) in [5.74, 6) is 1.000. The van der Waals surface area contributed by atoms with Crippen molar-refractivity contribution in [1.29, 1.82) is 0 Å². The maximum Gasteiger partial charge on any atom is 0.153 e. The lowest BCUT2D eigenvalue weighted by molar-refractivity contribution is 0.00982. The molecule has 37 heavy (non-hydrogen) atoms. The number of hydrogen-bond donors (Lipinski definition) is 1. The van der Waals surface area contributed by atoms with Crippen LogP contribution in [-0.4, -0.2) is 73.1 Å². The minimum Gasteiger partial charge on any atom is -0.455 e. The van der Waals surface area contributed by atoms with E-state index in [1.165, 1.54) is 22.3 Å². The molecule has 1 saturated carbocycles. The van der Waals surface area contributed by atoms with E-state index in [-0.39, 0.29) is 17.9 Å². The van der Waals surface area contributed by atoms with E-state index in [1.54, 1.807) is 0 Å². The molecule has 2 aliphatic rings. The Morgan fingerprint density at radius 1 is 1.08 bits per heavy atom. The van der Waals surface area contributed by atoms with Crippen molar-refractivity contribution in [2.75, 3.05) is 46.4 Å². The average molecular weight is 504 g/mol. The topological polar surface area (TPSA) is 61.4 Å². The second-order valence-electron chi connectivity index (χ2n) is 11.6. The lowest BCUT2D eigenvalue weighted by Crippen LogP contribution is -2.47. The number of fused-ring (bicyclic) bond motifs is 1. The third-order valence-electron chi connectivity index (χ3n) is 8.23. The third kappa shape index (κ3) is 5.62. The van der Waals surface area contributed by atoms with Crippen molar-refractivity contribution >= 4 is 16.7 Å². The van der Waals surface area contributed by atoms with Crippen molar-refractivity contribution < 1.29 is 14.4 Å². The summed E-state index contributed by atoms with van der Waals surface area (Å²) in [4.78, 5) is 10.4. The maximum atomic E-state index is 10.6. The first-order valence-corrected chi connectivity index (χ1v) is 13.6. The number of aryl methyl sites for hydroxylation is 3. The Morgan fingerprint density at radius 3 is 2.43 bits per heavy atom. The monoisotopic (exact) mass is 503 g/mol. The van der Waals surface area contributed by atoms with E-state index in [2.05, 4.69) is 74.0 Å². The van der Waals surface area contributed by atoms with Gasteiger partial charge in [-0.3, -0.25) is 4.90 Å². The standard InChI is InChI=1S/C31H41N3O3/c1-21-14-22(2)29(23(3)15-21)31(4)17-25(18-31)30(28-16-24-8-6-7-9-27(24)37-28)32-36-20-26(35)19-34-12-10-33(5)11-13-34/h6-9,14-16,25-26,35H,10-13,17-20H2,1-5H3. The molecule has 1 aliphatic carbocycles. The zero-order valence-electron chi connectivity index (χ0n) is 23.0. The lowest BCUT2D eigenvalue weighted by atomic mass is 9.57. The molecule has 0 bridgehead atoms. The molecule has 2 heterocycles. The number of aliphatic hydroxyl groups excluding tert-OH is 1. The molecule has 0 radical (unpaired) electrons. The first-order chi connectivity index (χ1) is 17.7. The average Bonchev–Trinajstić information content (AvgIpc) is 3.25. The molecule has 1 atom stereocenters. The van der Waals surface area contributed by atoms with Crippen molar-refractivity contribution in [3.05, 3.63) is 70.5 Å². The molecule has 1 aromatic heterocycles. The van der Waals surface area contributed by atoms with E-state index in [1.807, 2.05) is 18.2 Å². The van der Waals surface area contributed by atoms with Crippen LogP contribution in [0.1, 0.15) is 47.8 Å². The molecule has 5 rings (SSSR count). The predicted molar refractivity (Wildman–Crippen MR) is 149 cm³/mol. The van der Waals surface area contributed by atoms with Crippen molar-refractivity contribution in [2.45, 2.75) is 52.1 Å². The lowest BCUT2D eigenvalue weighted by Gasteiger charge is -2.47. The second kappa shape index (κ2) is 10.6. The zero-order valence-corrected chi connectivity index (χ0v) is 23.0. The van der Waals surface area contributed by atoms with Gasteiger partial charge in [0.1, 0.15) is 24.0 Å². The largest absolute Gasteiger partial charge is 0.455 e. The summed E-state index contributed by atoms with van der Waals surface area (Å²) >= 11 is 0. The molecule has 198 valence electrons. The molecule has 1 saturated heterocycles. The van der Waals surface area contributed by atoms with Crippen LogP contribution in [0.3, 0.4) is 0 Å². The third-order valence-corrected chi connectivity index (χ3v) is 8.23. The molecule has 6 nitrogen and oxygen atoms in total. The highest BCUT2D eigenvalue weighted by Gasteiger charge is 2.46. The molecule has 0 spiro atoms. The molecule has 1 aliphatic heterocycles. The fraction of sp³-hybridized carbons (Fsp3) is 0.516. The number of benzene rings is 2. The maximum absolute atomic E-state index is 10.6. The van der Waals surface area contributed by atoms with Gasteiger partial charge >= 0.3 is 0 Å². The Bertz CT molecular complexity index is 1210. The number of piperazine rings is 1. The Hall–Kier alpha value is -2.67. The van der Waals surface area contributed by atoms with Crippen LogP contribution < -0.4 is 0 Å². The summed E-state index contributed by atoms with van der Waals surface area (Å²) in [7, 11) is 2.14. The van der Waals surface area contributed by atoms with E-state index in [9.17, 15) is 5.11 Å². The molecule has 1 unspecified atom stereocenters. The number of rotatable bonds is 8. The highest BCUT2D eigenvalue weighted by Crippen LogP contribution is 2.51. The Kier molecular flexibility index (Phi) is 7.44. The first-order valence-electron chi connectivity index (χ1n) is 13.6. The van der Waals surface area contributed by atoms with E-state index in [0.717, 1.165) is 61.5 Å². The zero-order chi connectivity index (χ0) is 26.2. The number of likely N-dealkylation sites (N-methyl/N-ethyl adjacent to an activating group) is 1. The van der Waals surface area contributed by atoms with Crippen LogP contribution in [0, 0.1) is 26.7 Å². The predicted octanol–water partition coefficient (Wildman–Crippen LogP) is 5.05. The Balaban J connectivity index is 1.32. The van der Waals surface area contributed by atoms with Crippen LogP contribution in [0.4, 0.5) is 0 Å². The van der Waals surface area contributed by atoms with Gasteiger partial charge in [-0.15, -0.1) is 0 Å². The number of furan rings is 1. The molecule has 0 amide bonds. The van der Waals surface area contributed by atoms with Crippen LogP contribution in [0.5, 0.6) is 0 Å².